The molecule has 7 heteroatoms. The average molecular weight is 332 g/mol. The fraction of sp³-hybridized carbons (Fsp3) is 0.714. The summed E-state index contributed by atoms with van der Waals surface area (Å²) >= 11 is 1.28. The van der Waals surface area contributed by atoms with Crippen LogP contribution in [0.25, 0.3) is 0 Å². The minimum Gasteiger partial charge on any atom is -0.306 e. The third-order valence-electron chi connectivity index (χ3n) is 4.43. The number of nitrogens with zero attached hydrogens (tertiary/aromatic N) is 2. The molecule has 2 rings (SSSR count). The van der Waals surface area contributed by atoms with Gasteiger partial charge in [-0.25, -0.2) is 13.1 Å². The number of thiophene rings is 1. The SMILES string of the molecule is Cc1csc(S(=O)(=O)NCC2(N(C)C)CCN(C)CC2)c1. The van der Waals surface area contributed by atoms with Crippen molar-refractivity contribution in [3.63, 3.8) is 0 Å². The zero-order valence-corrected chi connectivity index (χ0v) is 14.9. The Morgan fingerprint density at radius 1 is 1.38 bits per heavy atom. The van der Waals surface area contributed by atoms with Crippen LogP contribution >= 0.6 is 11.3 Å². The molecule has 0 radical (unpaired) electrons. The van der Waals surface area contributed by atoms with Crippen molar-refractivity contribution in [2.75, 3.05) is 40.8 Å². The van der Waals surface area contributed by atoms with Crippen molar-refractivity contribution in [3.8, 4) is 0 Å². The lowest BCUT2D eigenvalue weighted by atomic mass is 9.86. The molecule has 1 aliphatic rings. The second-order valence-electron chi connectivity index (χ2n) is 6.19. The van der Waals surface area contributed by atoms with Gasteiger partial charge in [0.25, 0.3) is 0 Å². The zero-order valence-electron chi connectivity index (χ0n) is 13.2. The van der Waals surface area contributed by atoms with Crippen molar-refractivity contribution >= 4 is 21.4 Å². The van der Waals surface area contributed by atoms with Crippen molar-refractivity contribution in [1.29, 1.82) is 0 Å². The normalized spacial score (nSPS) is 20.0. The van der Waals surface area contributed by atoms with Gasteiger partial charge in [-0.05, 0) is 71.0 Å². The van der Waals surface area contributed by atoms with E-state index < -0.39 is 10.0 Å². The Morgan fingerprint density at radius 3 is 2.48 bits per heavy atom. The first-order valence-electron chi connectivity index (χ1n) is 7.16. The van der Waals surface area contributed by atoms with Crippen LogP contribution < -0.4 is 4.72 Å². The van der Waals surface area contributed by atoms with E-state index in [9.17, 15) is 8.42 Å². The van der Waals surface area contributed by atoms with E-state index >= 15 is 0 Å². The van der Waals surface area contributed by atoms with Gasteiger partial charge < -0.3 is 9.80 Å². The van der Waals surface area contributed by atoms with Gasteiger partial charge in [-0.1, -0.05) is 0 Å². The van der Waals surface area contributed by atoms with Gasteiger partial charge in [-0.15, -0.1) is 11.3 Å². The summed E-state index contributed by atoms with van der Waals surface area (Å²) in [6.45, 7) is 4.37. The zero-order chi connectivity index (χ0) is 15.7. The van der Waals surface area contributed by atoms with Crippen molar-refractivity contribution in [1.82, 2.24) is 14.5 Å². The van der Waals surface area contributed by atoms with Crippen LogP contribution in [0.4, 0.5) is 0 Å². The lowest BCUT2D eigenvalue weighted by Crippen LogP contribution is -2.57. The van der Waals surface area contributed by atoms with Crippen LogP contribution in [0.2, 0.25) is 0 Å². The van der Waals surface area contributed by atoms with E-state index in [1.54, 1.807) is 6.07 Å². The quantitative estimate of drug-likeness (QED) is 0.885. The van der Waals surface area contributed by atoms with Crippen LogP contribution in [0.5, 0.6) is 0 Å². The number of aryl methyl sites for hydroxylation is 1. The van der Waals surface area contributed by atoms with Crippen molar-refractivity contribution in [3.05, 3.63) is 17.0 Å². The second-order valence-corrected chi connectivity index (χ2v) is 9.09. The Bertz CT molecular complexity index is 573. The van der Waals surface area contributed by atoms with Crippen molar-refractivity contribution in [2.45, 2.75) is 29.5 Å². The molecule has 21 heavy (non-hydrogen) atoms. The highest BCUT2D eigenvalue weighted by atomic mass is 32.2. The third-order valence-corrected chi connectivity index (χ3v) is 7.39. The summed E-state index contributed by atoms with van der Waals surface area (Å²) in [6, 6.07) is 1.73. The molecule has 0 spiro atoms. The molecule has 0 atom stereocenters. The molecular weight excluding hydrogens is 306 g/mol. The standard InChI is InChI=1S/C14H25N3O2S2/c1-12-9-13(20-10-12)21(18,19)15-11-14(16(2)3)5-7-17(4)8-6-14/h9-10,15H,5-8,11H2,1-4H3. The lowest BCUT2D eigenvalue weighted by Gasteiger charge is -2.45. The molecule has 0 aliphatic carbocycles. The highest BCUT2D eigenvalue weighted by Gasteiger charge is 2.37. The number of hydrogen-bond acceptors (Lipinski definition) is 5. The number of nitrogens with one attached hydrogen (secondary N) is 1. The second kappa shape index (κ2) is 6.34. The maximum absolute atomic E-state index is 12.4. The number of hydrogen-bond donors (Lipinski definition) is 1. The highest BCUT2D eigenvalue weighted by molar-refractivity contribution is 7.91. The van der Waals surface area contributed by atoms with E-state index in [1.807, 2.05) is 26.4 Å². The number of likely N-dealkylation sites (tertiary alicyclic amines) is 1. The molecule has 1 saturated heterocycles. The molecule has 0 amide bonds. The van der Waals surface area contributed by atoms with Gasteiger partial charge >= 0.3 is 0 Å². The lowest BCUT2D eigenvalue weighted by molar-refractivity contribution is 0.0706. The summed E-state index contributed by atoms with van der Waals surface area (Å²) in [5, 5.41) is 1.87. The fourth-order valence-corrected chi connectivity index (χ4v) is 5.06. The Kier molecular flexibility index (Phi) is 5.10. The van der Waals surface area contributed by atoms with Gasteiger partial charge in [0.2, 0.25) is 10.0 Å². The fourth-order valence-electron chi connectivity index (χ4n) is 2.66. The molecule has 2 heterocycles. The molecule has 1 aromatic rings. The van der Waals surface area contributed by atoms with Gasteiger partial charge in [-0.3, -0.25) is 0 Å². The first kappa shape index (κ1) is 16.9. The predicted molar refractivity (Wildman–Crippen MR) is 87.4 cm³/mol. The first-order valence-corrected chi connectivity index (χ1v) is 9.52. The Morgan fingerprint density at radius 2 is 2.00 bits per heavy atom. The van der Waals surface area contributed by atoms with Gasteiger partial charge in [0.15, 0.2) is 0 Å². The highest BCUT2D eigenvalue weighted by Crippen LogP contribution is 2.27. The molecule has 0 aromatic carbocycles. The summed E-state index contributed by atoms with van der Waals surface area (Å²) < 4.78 is 28.0. The summed E-state index contributed by atoms with van der Waals surface area (Å²) in [5.74, 6) is 0. The Labute approximate surface area is 132 Å². The van der Waals surface area contributed by atoms with Crippen LogP contribution in [0.3, 0.4) is 0 Å². The molecule has 0 bridgehead atoms. The molecule has 1 aliphatic heterocycles. The molecular formula is C14H25N3O2S2. The summed E-state index contributed by atoms with van der Waals surface area (Å²) in [7, 11) is 2.79. The molecule has 120 valence electrons. The van der Waals surface area contributed by atoms with E-state index in [2.05, 4.69) is 21.6 Å². The predicted octanol–water partition coefficient (Wildman–Crippen LogP) is 1.36. The first-order chi connectivity index (χ1) is 9.75. The third kappa shape index (κ3) is 3.84. The van der Waals surface area contributed by atoms with E-state index in [0.29, 0.717) is 10.8 Å². The number of sulfonamides is 1. The van der Waals surface area contributed by atoms with E-state index in [4.69, 9.17) is 0 Å². The molecule has 1 fully saturated rings. The summed E-state index contributed by atoms with van der Waals surface area (Å²) in [4.78, 5) is 4.46. The van der Waals surface area contributed by atoms with Gasteiger partial charge in [0.05, 0.1) is 0 Å². The van der Waals surface area contributed by atoms with Crippen molar-refractivity contribution in [2.24, 2.45) is 0 Å². The summed E-state index contributed by atoms with van der Waals surface area (Å²) in [5.41, 5.74) is 0.897. The molecule has 5 nitrogen and oxygen atoms in total. The molecule has 1 aromatic heterocycles. The minimum absolute atomic E-state index is 0.0914. The topological polar surface area (TPSA) is 52.7 Å². The van der Waals surface area contributed by atoms with Gasteiger partial charge in [0, 0.05) is 12.1 Å². The van der Waals surface area contributed by atoms with Gasteiger partial charge in [0.1, 0.15) is 4.21 Å². The minimum atomic E-state index is -3.40. The van der Waals surface area contributed by atoms with Gasteiger partial charge in [-0.2, -0.15) is 0 Å². The van der Waals surface area contributed by atoms with Crippen molar-refractivity contribution < 1.29 is 8.42 Å². The van der Waals surface area contributed by atoms with Crippen LogP contribution in [-0.2, 0) is 10.0 Å². The Balaban J connectivity index is 2.09. The molecule has 0 unspecified atom stereocenters. The monoisotopic (exact) mass is 331 g/mol. The van der Waals surface area contributed by atoms with Crippen LogP contribution in [-0.4, -0.2) is 64.5 Å². The van der Waals surface area contributed by atoms with E-state index in [1.165, 1.54) is 11.3 Å². The molecule has 0 saturated carbocycles. The largest absolute Gasteiger partial charge is 0.306 e. The van der Waals surface area contributed by atoms with Crippen LogP contribution in [0, 0.1) is 6.92 Å². The number of likely N-dealkylation sites (N-methyl/N-ethyl adjacent to an activating group) is 1. The smallest absolute Gasteiger partial charge is 0.250 e. The summed E-state index contributed by atoms with van der Waals surface area (Å²) in [6.07, 6.45) is 1.95. The Hall–Kier alpha value is -0.470. The van der Waals surface area contributed by atoms with Crippen LogP contribution in [0.1, 0.15) is 18.4 Å². The van der Waals surface area contributed by atoms with E-state index in [0.717, 1.165) is 31.5 Å². The number of piperidine rings is 1. The number of rotatable bonds is 5. The maximum atomic E-state index is 12.4. The maximum Gasteiger partial charge on any atom is 0.250 e. The van der Waals surface area contributed by atoms with Crippen LogP contribution in [0.15, 0.2) is 15.7 Å². The molecule has 1 N–H and O–H groups in total. The average Bonchev–Trinajstić information content (AvgIpc) is 2.86. The van der Waals surface area contributed by atoms with E-state index in [-0.39, 0.29) is 5.54 Å².